The zero-order chi connectivity index (χ0) is 31.0. The van der Waals surface area contributed by atoms with Gasteiger partial charge in [0.15, 0.2) is 11.5 Å². The number of halogens is 1. The predicted octanol–water partition coefficient (Wildman–Crippen LogP) is 4.60. The highest BCUT2D eigenvalue weighted by Gasteiger charge is 2.34. The molecule has 42 heavy (non-hydrogen) atoms. The van der Waals surface area contributed by atoms with Crippen LogP contribution in [-0.4, -0.2) is 58.5 Å². The van der Waals surface area contributed by atoms with E-state index in [0.717, 1.165) is 15.4 Å². The number of ether oxygens (including phenoxy) is 2. The van der Waals surface area contributed by atoms with Crippen LogP contribution in [0.1, 0.15) is 37.0 Å². The Balaban J connectivity index is 2.13. The normalized spacial score (nSPS) is 11.9. The van der Waals surface area contributed by atoms with E-state index in [9.17, 15) is 22.4 Å². The molecule has 0 aliphatic carbocycles. The molecular weight excluding hydrogens is 561 g/mol. The summed E-state index contributed by atoms with van der Waals surface area (Å²) in [5, 5.41) is 2.76. The van der Waals surface area contributed by atoms with E-state index in [1.165, 1.54) is 61.6 Å². The van der Waals surface area contributed by atoms with Crippen LogP contribution in [0.5, 0.6) is 11.5 Å². The van der Waals surface area contributed by atoms with Crippen molar-refractivity contribution < 1.29 is 31.9 Å². The third-order valence-corrected chi connectivity index (χ3v) is 8.49. The topological polar surface area (TPSA) is 105 Å². The second-order valence-corrected chi connectivity index (χ2v) is 11.7. The fourth-order valence-corrected chi connectivity index (χ4v) is 6.14. The van der Waals surface area contributed by atoms with Gasteiger partial charge in [0.2, 0.25) is 11.8 Å². The largest absolute Gasteiger partial charge is 0.493 e. The van der Waals surface area contributed by atoms with Gasteiger partial charge in [-0.15, -0.1) is 0 Å². The summed E-state index contributed by atoms with van der Waals surface area (Å²) in [7, 11) is -1.47. The Morgan fingerprint density at radius 3 is 2.07 bits per heavy atom. The van der Waals surface area contributed by atoms with E-state index >= 15 is 0 Å². The van der Waals surface area contributed by atoms with E-state index in [-0.39, 0.29) is 29.5 Å². The van der Waals surface area contributed by atoms with Crippen LogP contribution in [0.3, 0.4) is 0 Å². The summed E-state index contributed by atoms with van der Waals surface area (Å²) >= 11 is 0. The van der Waals surface area contributed by atoms with Crippen molar-refractivity contribution in [1.82, 2.24) is 10.2 Å². The lowest BCUT2D eigenvalue weighted by molar-refractivity contribution is -0.140. The highest BCUT2D eigenvalue weighted by atomic mass is 32.2. The fraction of sp³-hybridized carbons (Fsp3) is 0.355. The van der Waals surface area contributed by atoms with Crippen molar-refractivity contribution >= 4 is 27.5 Å². The lowest BCUT2D eigenvalue weighted by Gasteiger charge is -2.33. The number of aryl methyl sites for hydroxylation is 2. The second kappa shape index (κ2) is 14.2. The number of nitrogens with zero attached hydrogens (tertiary/aromatic N) is 2. The van der Waals surface area contributed by atoms with E-state index in [2.05, 4.69) is 5.32 Å². The minimum atomic E-state index is -4.32. The number of anilines is 1. The van der Waals surface area contributed by atoms with E-state index in [1.54, 1.807) is 26.0 Å². The minimum absolute atomic E-state index is 0.0220. The molecule has 0 spiro atoms. The number of benzene rings is 3. The standard InChI is InChI=1S/C31H38FN3O6S/c1-7-27(31(37)33-8-2)34(19-23-9-11-24(32)12-10-23)30(36)20-35(25-16-21(3)15-22(4)17-25)42(38,39)26-13-14-28(40-5)29(18-26)41-6/h9-18,27H,7-8,19-20H2,1-6H3,(H,33,37)/t27-/m0/s1. The first-order chi connectivity index (χ1) is 19.9. The summed E-state index contributed by atoms with van der Waals surface area (Å²) < 4.78 is 53.6. The molecule has 0 fully saturated rings. The van der Waals surface area contributed by atoms with E-state index in [1.807, 2.05) is 19.9 Å². The maximum atomic E-state index is 14.2. The maximum absolute atomic E-state index is 14.2. The van der Waals surface area contributed by atoms with Crippen molar-refractivity contribution in [3.05, 3.63) is 83.2 Å². The van der Waals surface area contributed by atoms with Gasteiger partial charge in [-0.2, -0.15) is 0 Å². The van der Waals surface area contributed by atoms with Crippen molar-refractivity contribution in [2.24, 2.45) is 0 Å². The number of carbonyl (C=O) groups excluding carboxylic acids is 2. The van der Waals surface area contributed by atoms with Gasteiger partial charge in [-0.3, -0.25) is 13.9 Å². The fourth-order valence-electron chi connectivity index (χ4n) is 4.73. The van der Waals surface area contributed by atoms with Crippen LogP contribution in [0.4, 0.5) is 10.1 Å². The summed E-state index contributed by atoms with van der Waals surface area (Å²) in [6, 6.07) is 14.2. The van der Waals surface area contributed by atoms with Crippen LogP contribution in [0.2, 0.25) is 0 Å². The van der Waals surface area contributed by atoms with Crippen LogP contribution in [0, 0.1) is 19.7 Å². The van der Waals surface area contributed by atoms with Crippen molar-refractivity contribution in [1.29, 1.82) is 0 Å². The van der Waals surface area contributed by atoms with Crippen LogP contribution < -0.4 is 19.1 Å². The van der Waals surface area contributed by atoms with Crippen LogP contribution in [-0.2, 0) is 26.2 Å². The lowest BCUT2D eigenvalue weighted by Crippen LogP contribution is -2.52. The van der Waals surface area contributed by atoms with Crippen molar-refractivity contribution in [3.63, 3.8) is 0 Å². The molecule has 9 nitrogen and oxygen atoms in total. The molecule has 0 saturated heterocycles. The SMILES string of the molecule is CCNC(=O)[C@H](CC)N(Cc1ccc(F)cc1)C(=O)CN(c1cc(C)cc(C)c1)S(=O)(=O)c1ccc(OC)c(OC)c1. The molecule has 2 amide bonds. The lowest BCUT2D eigenvalue weighted by atomic mass is 10.1. The zero-order valence-corrected chi connectivity index (χ0v) is 25.6. The highest BCUT2D eigenvalue weighted by Crippen LogP contribution is 2.33. The van der Waals surface area contributed by atoms with Gasteiger partial charge in [0.25, 0.3) is 10.0 Å². The Morgan fingerprint density at radius 1 is 0.905 bits per heavy atom. The van der Waals surface area contributed by atoms with Gasteiger partial charge in [-0.1, -0.05) is 25.1 Å². The molecular formula is C31H38FN3O6S. The number of sulfonamides is 1. The third kappa shape index (κ3) is 7.58. The van der Waals surface area contributed by atoms with Gasteiger partial charge in [0.05, 0.1) is 24.8 Å². The molecule has 0 saturated carbocycles. The average Bonchev–Trinajstić information content (AvgIpc) is 2.95. The minimum Gasteiger partial charge on any atom is -0.493 e. The number of hydrogen-bond donors (Lipinski definition) is 1. The van der Waals surface area contributed by atoms with E-state index in [4.69, 9.17) is 9.47 Å². The van der Waals surface area contributed by atoms with Gasteiger partial charge >= 0.3 is 0 Å². The van der Waals surface area contributed by atoms with Crippen LogP contribution >= 0.6 is 0 Å². The molecule has 0 aliphatic rings. The molecule has 1 atom stereocenters. The smallest absolute Gasteiger partial charge is 0.264 e. The third-order valence-electron chi connectivity index (χ3n) is 6.72. The van der Waals surface area contributed by atoms with Gasteiger partial charge in [-0.25, -0.2) is 12.8 Å². The molecule has 226 valence electrons. The molecule has 3 aromatic carbocycles. The number of rotatable bonds is 13. The number of amides is 2. The number of hydrogen-bond acceptors (Lipinski definition) is 6. The summed E-state index contributed by atoms with van der Waals surface area (Å²) in [6.45, 7) is 6.96. The Hall–Kier alpha value is -4.12. The van der Waals surface area contributed by atoms with Crippen LogP contribution in [0.15, 0.2) is 65.6 Å². The average molecular weight is 600 g/mol. The number of carbonyl (C=O) groups is 2. The van der Waals surface area contributed by atoms with Crippen molar-refractivity contribution in [2.45, 2.75) is 51.6 Å². The summed E-state index contributed by atoms with van der Waals surface area (Å²) in [5.74, 6) is -0.833. The molecule has 0 heterocycles. The molecule has 3 rings (SSSR count). The van der Waals surface area contributed by atoms with Gasteiger partial charge in [0, 0.05) is 19.2 Å². The summed E-state index contributed by atoms with van der Waals surface area (Å²) in [4.78, 5) is 28.4. The molecule has 0 radical (unpaired) electrons. The molecule has 0 aliphatic heterocycles. The quantitative estimate of drug-likeness (QED) is 0.308. The Kier molecular flexibility index (Phi) is 10.9. The monoisotopic (exact) mass is 599 g/mol. The van der Waals surface area contributed by atoms with Crippen LogP contribution in [0.25, 0.3) is 0 Å². The number of nitrogens with one attached hydrogen (secondary N) is 1. The van der Waals surface area contributed by atoms with Crippen molar-refractivity contribution in [2.75, 3.05) is 31.6 Å². The highest BCUT2D eigenvalue weighted by molar-refractivity contribution is 7.92. The molecule has 3 aromatic rings. The van der Waals surface area contributed by atoms with Gasteiger partial charge in [0.1, 0.15) is 18.4 Å². The first kappa shape index (κ1) is 32.4. The van der Waals surface area contributed by atoms with Gasteiger partial charge < -0.3 is 19.7 Å². The van der Waals surface area contributed by atoms with Crippen molar-refractivity contribution in [3.8, 4) is 11.5 Å². The molecule has 0 aromatic heterocycles. The van der Waals surface area contributed by atoms with E-state index < -0.39 is 34.3 Å². The molecule has 11 heteroatoms. The first-order valence-electron chi connectivity index (χ1n) is 13.6. The predicted molar refractivity (Wildman–Crippen MR) is 160 cm³/mol. The second-order valence-electron chi connectivity index (χ2n) is 9.84. The Labute approximate surface area is 247 Å². The molecule has 0 bridgehead atoms. The number of likely N-dealkylation sites (N-methyl/N-ethyl adjacent to an activating group) is 1. The molecule has 0 unspecified atom stereocenters. The Morgan fingerprint density at radius 2 is 1.52 bits per heavy atom. The zero-order valence-electron chi connectivity index (χ0n) is 24.8. The summed E-state index contributed by atoms with van der Waals surface area (Å²) in [5.41, 5.74) is 2.50. The Bertz CT molecular complexity index is 1490. The maximum Gasteiger partial charge on any atom is 0.264 e. The first-order valence-corrected chi connectivity index (χ1v) is 15.0. The van der Waals surface area contributed by atoms with E-state index in [0.29, 0.717) is 23.5 Å². The number of methoxy groups -OCH3 is 2. The van der Waals surface area contributed by atoms with Gasteiger partial charge in [-0.05, 0) is 80.3 Å². The molecule has 1 N–H and O–H groups in total. The summed E-state index contributed by atoms with van der Waals surface area (Å²) in [6.07, 6.45) is 0.282.